The highest BCUT2D eigenvalue weighted by Crippen LogP contribution is 2.29. The predicted molar refractivity (Wildman–Crippen MR) is 121 cm³/mol. The Hall–Kier alpha value is -4.06. The molecular formula is C25H21N5O. The molecule has 0 radical (unpaired) electrons. The highest BCUT2D eigenvalue weighted by molar-refractivity contribution is 5.90. The molecule has 5 aromatic rings. The van der Waals surface area contributed by atoms with Crippen LogP contribution >= 0.6 is 0 Å². The van der Waals surface area contributed by atoms with Crippen molar-refractivity contribution in [3.05, 3.63) is 90.8 Å². The van der Waals surface area contributed by atoms with Gasteiger partial charge in [-0.05, 0) is 17.7 Å². The lowest BCUT2D eigenvalue weighted by Gasteiger charge is -2.11. The number of hydrogen-bond donors (Lipinski definition) is 0. The van der Waals surface area contributed by atoms with Crippen LogP contribution in [0, 0.1) is 0 Å². The summed E-state index contributed by atoms with van der Waals surface area (Å²) < 4.78 is 7.46. The minimum Gasteiger partial charge on any atom is -0.496 e. The third-order valence-corrected chi connectivity index (χ3v) is 5.27. The van der Waals surface area contributed by atoms with E-state index in [2.05, 4.69) is 27.2 Å². The predicted octanol–water partition coefficient (Wildman–Crippen LogP) is 4.69. The molecule has 152 valence electrons. The van der Waals surface area contributed by atoms with E-state index < -0.39 is 0 Å². The number of benzene rings is 2. The Balaban J connectivity index is 1.52. The standard InChI is InChI=1S/C25H21N5O/c1-30-16-21(15-28-30)18-8-9-19(22(12-18)31-2)13-23-27-14-20-10-11-26-24(25(20)29-23)17-6-4-3-5-7-17/h3-12,14-16H,13H2,1-2H3. The zero-order chi connectivity index (χ0) is 21.2. The third-order valence-electron chi connectivity index (χ3n) is 5.27. The molecule has 0 saturated carbocycles. The summed E-state index contributed by atoms with van der Waals surface area (Å²) in [5.74, 6) is 1.53. The lowest BCUT2D eigenvalue weighted by molar-refractivity contribution is 0.410. The monoisotopic (exact) mass is 407 g/mol. The molecule has 0 spiro atoms. The van der Waals surface area contributed by atoms with Gasteiger partial charge in [0.2, 0.25) is 0 Å². The second-order valence-electron chi connectivity index (χ2n) is 7.36. The average Bonchev–Trinajstić information content (AvgIpc) is 3.25. The first-order valence-corrected chi connectivity index (χ1v) is 10.0. The molecule has 2 aromatic carbocycles. The topological polar surface area (TPSA) is 65.7 Å². The van der Waals surface area contributed by atoms with E-state index in [1.54, 1.807) is 18.0 Å². The fourth-order valence-electron chi connectivity index (χ4n) is 3.70. The molecule has 0 N–H and O–H groups in total. The van der Waals surface area contributed by atoms with Gasteiger partial charge in [0.1, 0.15) is 17.1 Å². The van der Waals surface area contributed by atoms with E-state index in [9.17, 15) is 0 Å². The maximum atomic E-state index is 5.67. The third kappa shape index (κ3) is 3.75. The summed E-state index contributed by atoms with van der Waals surface area (Å²) in [6.07, 6.45) is 8.06. The fourth-order valence-corrected chi connectivity index (χ4v) is 3.70. The number of aromatic nitrogens is 5. The molecule has 0 amide bonds. The lowest BCUT2D eigenvalue weighted by Crippen LogP contribution is -2.01. The highest BCUT2D eigenvalue weighted by atomic mass is 16.5. The summed E-state index contributed by atoms with van der Waals surface area (Å²) in [6.45, 7) is 0. The van der Waals surface area contributed by atoms with E-state index in [4.69, 9.17) is 9.72 Å². The summed E-state index contributed by atoms with van der Waals surface area (Å²) in [4.78, 5) is 14.0. The lowest BCUT2D eigenvalue weighted by atomic mass is 10.0. The molecule has 6 heteroatoms. The first-order valence-electron chi connectivity index (χ1n) is 10.0. The van der Waals surface area contributed by atoms with Gasteiger partial charge in [-0.25, -0.2) is 9.97 Å². The molecule has 6 nitrogen and oxygen atoms in total. The van der Waals surface area contributed by atoms with Crippen molar-refractivity contribution in [1.29, 1.82) is 0 Å². The Morgan fingerprint density at radius 2 is 1.77 bits per heavy atom. The first-order chi connectivity index (χ1) is 15.2. The molecule has 0 aliphatic carbocycles. The molecular weight excluding hydrogens is 386 g/mol. The van der Waals surface area contributed by atoms with Crippen molar-refractivity contribution in [2.45, 2.75) is 6.42 Å². The van der Waals surface area contributed by atoms with Gasteiger partial charge in [0.05, 0.1) is 19.0 Å². The second kappa shape index (κ2) is 7.99. The van der Waals surface area contributed by atoms with Gasteiger partial charge in [0.25, 0.3) is 0 Å². The van der Waals surface area contributed by atoms with Crippen molar-refractivity contribution in [2.75, 3.05) is 7.11 Å². The van der Waals surface area contributed by atoms with Gasteiger partial charge in [-0.15, -0.1) is 0 Å². The van der Waals surface area contributed by atoms with Crippen molar-refractivity contribution in [3.8, 4) is 28.1 Å². The maximum Gasteiger partial charge on any atom is 0.133 e. The van der Waals surface area contributed by atoms with Crippen LogP contribution in [0.4, 0.5) is 0 Å². The number of pyridine rings is 1. The van der Waals surface area contributed by atoms with Gasteiger partial charge < -0.3 is 4.74 Å². The van der Waals surface area contributed by atoms with Crippen LogP contribution in [0.3, 0.4) is 0 Å². The summed E-state index contributed by atoms with van der Waals surface area (Å²) in [7, 11) is 3.59. The largest absolute Gasteiger partial charge is 0.496 e. The number of fused-ring (bicyclic) bond motifs is 1. The van der Waals surface area contributed by atoms with Crippen LogP contribution in [0.5, 0.6) is 5.75 Å². The van der Waals surface area contributed by atoms with Crippen LogP contribution in [-0.4, -0.2) is 31.8 Å². The highest BCUT2D eigenvalue weighted by Gasteiger charge is 2.12. The van der Waals surface area contributed by atoms with Gasteiger partial charge >= 0.3 is 0 Å². The van der Waals surface area contributed by atoms with Gasteiger partial charge in [-0.1, -0.05) is 42.5 Å². The number of methoxy groups -OCH3 is 1. The number of rotatable bonds is 5. The van der Waals surface area contributed by atoms with E-state index >= 15 is 0 Å². The van der Waals surface area contributed by atoms with Crippen molar-refractivity contribution in [2.24, 2.45) is 7.05 Å². The molecule has 0 atom stereocenters. The molecule has 0 unspecified atom stereocenters. The number of ether oxygens (including phenoxy) is 1. The summed E-state index contributed by atoms with van der Waals surface area (Å²) >= 11 is 0. The van der Waals surface area contributed by atoms with Crippen molar-refractivity contribution >= 4 is 10.9 Å². The number of aryl methyl sites for hydroxylation is 1. The van der Waals surface area contributed by atoms with Crippen LogP contribution in [0.15, 0.2) is 79.4 Å². The molecule has 3 heterocycles. The van der Waals surface area contributed by atoms with Gasteiger partial charge in [0, 0.05) is 54.1 Å². The van der Waals surface area contributed by atoms with Crippen LogP contribution in [0.2, 0.25) is 0 Å². The zero-order valence-corrected chi connectivity index (χ0v) is 17.4. The smallest absolute Gasteiger partial charge is 0.133 e. The quantitative estimate of drug-likeness (QED) is 0.423. The molecule has 0 aliphatic heterocycles. The summed E-state index contributed by atoms with van der Waals surface area (Å²) in [5.41, 5.74) is 5.89. The van der Waals surface area contributed by atoms with Crippen molar-refractivity contribution in [1.82, 2.24) is 24.7 Å². The first kappa shape index (κ1) is 18.9. The van der Waals surface area contributed by atoms with Gasteiger partial charge in [-0.2, -0.15) is 5.10 Å². The molecule has 31 heavy (non-hydrogen) atoms. The minimum absolute atomic E-state index is 0.565. The Labute approximate surface area is 180 Å². The van der Waals surface area contributed by atoms with Crippen LogP contribution in [-0.2, 0) is 13.5 Å². The molecule has 0 aliphatic rings. The van der Waals surface area contributed by atoms with E-state index in [1.807, 2.05) is 68.1 Å². The fraction of sp³-hybridized carbons (Fsp3) is 0.120. The van der Waals surface area contributed by atoms with Crippen LogP contribution in [0.25, 0.3) is 33.3 Å². The summed E-state index contributed by atoms with van der Waals surface area (Å²) in [6, 6.07) is 18.2. The molecule has 0 saturated heterocycles. The Bertz CT molecular complexity index is 1360. The summed E-state index contributed by atoms with van der Waals surface area (Å²) in [5, 5.41) is 5.22. The van der Waals surface area contributed by atoms with E-state index in [1.165, 1.54) is 0 Å². The van der Waals surface area contributed by atoms with Gasteiger partial charge in [0.15, 0.2) is 0 Å². The molecule has 5 rings (SSSR count). The van der Waals surface area contributed by atoms with Gasteiger partial charge in [-0.3, -0.25) is 9.67 Å². The maximum absolute atomic E-state index is 5.67. The Kier molecular flexibility index (Phi) is 4.88. The zero-order valence-electron chi connectivity index (χ0n) is 17.4. The normalized spacial score (nSPS) is 11.0. The van der Waals surface area contributed by atoms with E-state index in [-0.39, 0.29) is 0 Å². The molecule has 0 fully saturated rings. The minimum atomic E-state index is 0.565. The van der Waals surface area contributed by atoms with Crippen molar-refractivity contribution in [3.63, 3.8) is 0 Å². The number of nitrogens with zero attached hydrogens (tertiary/aromatic N) is 5. The average molecular weight is 407 g/mol. The van der Waals surface area contributed by atoms with Crippen LogP contribution in [0.1, 0.15) is 11.4 Å². The molecule has 0 bridgehead atoms. The van der Waals surface area contributed by atoms with Crippen LogP contribution < -0.4 is 4.74 Å². The second-order valence-corrected chi connectivity index (χ2v) is 7.36. The number of hydrogen-bond acceptors (Lipinski definition) is 5. The Morgan fingerprint density at radius 1 is 0.903 bits per heavy atom. The van der Waals surface area contributed by atoms with E-state index in [0.717, 1.165) is 50.4 Å². The van der Waals surface area contributed by atoms with E-state index in [0.29, 0.717) is 6.42 Å². The SMILES string of the molecule is COc1cc(-c2cnn(C)c2)ccc1Cc1ncc2ccnc(-c3ccccc3)c2n1. The van der Waals surface area contributed by atoms with Crippen molar-refractivity contribution < 1.29 is 4.74 Å². The molecule has 3 aromatic heterocycles. The Morgan fingerprint density at radius 3 is 2.55 bits per heavy atom.